The summed E-state index contributed by atoms with van der Waals surface area (Å²) < 4.78 is 32.2. The van der Waals surface area contributed by atoms with Crippen molar-refractivity contribution in [2.75, 3.05) is 26.2 Å². The third kappa shape index (κ3) is 4.03. The molecule has 1 fully saturated rings. The Kier molecular flexibility index (Phi) is 5.74. The molecule has 0 radical (unpaired) electrons. The predicted octanol–water partition coefficient (Wildman–Crippen LogP) is 0.491. The number of piperidine rings is 1. The second kappa shape index (κ2) is 7.35. The summed E-state index contributed by atoms with van der Waals surface area (Å²) in [5.74, 6) is 0.688. The van der Waals surface area contributed by atoms with E-state index in [2.05, 4.69) is 9.97 Å². The number of nitrogens with zero attached hydrogens (tertiary/aromatic N) is 2. The number of imidazole rings is 1. The normalized spacial score (nSPS) is 18.2. The Bertz CT molecular complexity index is 535. The Morgan fingerprint density at radius 3 is 2.76 bits per heavy atom. The number of rotatable bonds is 7. The number of hydrogen-bond acceptors (Lipinski definition) is 5. The highest BCUT2D eigenvalue weighted by molar-refractivity contribution is 7.89. The lowest BCUT2D eigenvalue weighted by atomic mass is 10.1. The molecule has 120 valence electrons. The van der Waals surface area contributed by atoms with Gasteiger partial charge in [-0.1, -0.05) is 6.92 Å². The molecule has 2 rings (SSSR count). The lowest BCUT2D eigenvalue weighted by molar-refractivity contribution is 0.0208. The molecule has 0 bridgehead atoms. The monoisotopic (exact) mass is 316 g/mol. The van der Waals surface area contributed by atoms with E-state index in [0.717, 1.165) is 19.3 Å². The topological polar surface area (TPSA) is 101 Å². The average molecular weight is 316 g/mol. The van der Waals surface area contributed by atoms with E-state index in [-0.39, 0.29) is 11.1 Å². The maximum Gasteiger partial charge on any atom is 0.260 e. The van der Waals surface area contributed by atoms with Gasteiger partial charge < -0.3 is 15.5 Å². The SMILES string of the molecule is CCc1ncc(S(=O)(=O)N2CCC(OCCCN)CC2)[nH]1. The minimum absolute atomic E-state index is 0.135. The van der Waals surface area contributed by atoms with Gasteiger partial charge in [-0.15, -0.1) is 0 Å². The number of sulfonamides is 1. The van der Waals surface area contributed by atoms with Crippen LogP contribution in [0, 0.1) is 0 Å². The van der Waals surface area contributed by atoms with Gasteiger partial charge in [0.05, 0.1) is 12.3 Å². The Balaban J connectivity index is 1.91. The fourth-order valence-corrected chi connectivity index (χ4v) is 3.77. The van der Waals surface area contributed by atoms with E-state index >= 15 is 0 Å². The van der Waals surface area contributed by atoms with E-state index in [1.807, 2.05) is 6.92 Å². The molecule has 0 atom stereocenters. The molecule has 7 nitrogen and oxygen atoms in total. The molecule has 0 aliphatic carbocycles. The maximum absolute atomic E-state index is 12.5. The first-order chi connectivity index (χ1) is 10.1. The third-order valence-corrected chi connectivity index (χ3v) is 5.47. The van der Waals surface area contributed by atoms with Gasteiger partial charge in [0.15, 0.2) is 5.03 Å². The minimum Gasteiger partial charge on any atom is -0.378 e. The molecule has 1 saturated heterocycles. The van der Waals surface area contributed by atoms with Crippen LogP contribution in [0.2, 0.25) is 0 Å². The summed E-state index contributed by atoms with van der Waals surface area (Å²) >= 11 is 0. The van der Waals surface area contributed by atoms with E-state index in [1.165, 1.54) is 10.5 Å². The molecule has 0 unspecified atom stereocenters. The van der Waals surface area contributed by atoms with Crippen molar-refractivity contribution in [2.24, 2.45) is 5.73 Å². The van der Waals surface area contributed by atoms with Crippen LogP contribution in [0.3, 0.4) is 0 Å². The molecular formula is C13H24N4O3S. The van der Waals surface area contributed by atoms with Gasteiger partial charge in [0.2, 0.25) is 0 Å². The highest BCUT2D eigenvalue weighted by atomic mass is 32.2. The number of nitrogens with one attached hydrogen (secondary N) is 1. The van der Waals surface area contributed by atoms with Gasteiger partial charge in [-0.2, -0.15) is 4.31 Å². The molecule has 0 spiro atoms. The number of nitrogens with two attached hydrogens (primary N) is 1. The molecule has 0 aromatic carbocycles. The molecule has 1 aromatic heterocycles. The summed E-state index contributed by atoms with van der Waals surface area (Å²) in [5, 5.41) is 0.182. The van der Waals surface area contributed by atoms with Gasteiger partial charge in [0, 0.05) is 26.1 Å². The molecule has 1 aliphatic heterocycles. The molecule has 2 heterocycles. The van der Waals surface area contributed by atoms with Crippen LogP contribution in [-0.2, 0) is 21.2 Å². The number of aryl methyl sites for hydroxylation is 1. The first-order valence-corrected chi connectivity index (χ1v) is 8.87. The summed E-state index contributed by atoms with van der Waals surface area (Å²) in [6.07, 6.45) is 4.50. The molecule has 8 heteroatoms. The summed E-state index contributed by atoms with van der Waals surface area (Å²) in [6, 6.07) is 0. The number of hydrogen-bond donors (Lipinski definition) is 2. The van der Waals surface area contributed by atoms with Crippen molar-refractivity contribution in [3.05, 3.63) is 12.0 Å². The molecule has 21 heavy (non-hydrogen) atoms. The third-order valence-electron chi connectivity index (χ3n) is 3.66. The van der Waals surface area contributed by atoms with Crippen LogP contribution in [-0.4, -0.2) is 55.0 Å². The minimum atomic E-state index is -3.46. The lowest BCUT2D eigenvalue weighted by Crippen LogP contribution is -2.41. The van der Waals surface area contributed by atoms with Gasteiger partial charge in [-0.05, 0) is 25.8 Å². The van der Waals surface area contributed by atoms with Gasteiger partial charge in [-0.3, -0.25) is 0 Å². The van der Waals surface area contributed by atoms with Crippen LogP contribution < -0.4 is 5.73 Å². The fourth-order valence-electron chi connectivity index (χ4n) is 2.37. The summed E-state index contributed by atoms with van der Waals surface area (Å²) in [4.78, 5) is 6.93. The molecule has 1 aliphatic rings. The van der Waals surface area contributed by atoms with E-state index < -0.39 is 10.0 Å². The standard InChI is InChI=1S/C13H24N4O3S/c1-2-12-15-10-13(16-12)21(18,19)17-7-4-11(5-8-17)20-9-3-6-14/h10-11H,2-9,14H2,1H3,(H,15,16). The summed E-state index contributed by atoms with van der Waals surface area (Å²) in [6.45, 7) is 4.16. The largest absolute Gasteiger partial charge is 0.378 e. The first kappa shape index (κ1) is 16.4. The lowest BCUT2D eigenvalue weighted by Gasteiger charge is -2.30. The Hall–Kier alpha value is -0.960. The van der Waals surface area contributed by atoms with E-state index in [0.29, 0.717) is 38.5 Å². The van der Waals surface area contributed by atoms with Crippen LogP contribution in [0.1, 0.15) is 32.0 Å². The van der Waals surface area contributed by atoms with Gasteiger partial charge in [0.25, 0.3) is 10.0 Å². The van der Waals surface area contributed by atoms with Crippen molar-refractivity contribution in [1.29, 1.82) is 0 Å². The molecule has 1 aromatic rings. The van der Waals surface area contributed by atoms with Crippen molar-refractivity contribution in [1.82, 2.24) is 14.3 Å². The first-order valence-electron chi connectivity index (χ1n) is 7.43. The number of H-pyrrole nitrogens is 1. The quantitative estimate of drug-likeness (QED) is 0.713. The zero-order valence-corrected chi connectivity index (χ0v) is 13.2. The van der Waals surface area contributed by atoms with Crippen LogP contribution in [0.4, 0.5) is 0 Å². The highest BCUT2D eigenvalue weighted by Crippen LogP contribution is 2.21. The molecule has 0 saturated carbocycles. The van der Waals surface area contributed by atoms with Gasteiger partial charge >= 0.3 is 0 Å². The molecule has 0 amide bonds. The smallest absolute Gasteiger partial charge is 0.260 e. The van der Waals surface area contributed by atoms with E-state index in [1.54, 1.807) is 0 Å². The number of ether oxygens (including phenoxy) is 1. The van der Waals surface area contributed by atoms with E-state index in [9.17, 15) is 8.42 Å². The Morgan fingerprint density at radius 2 is 2.19 bits per heavy atom. The maximum atomic E-state index is 12.5. The van der Waals surface area contributed by atoms with Crippen molar-refractivity contribution in [2.45, 2.75) is 43.7 Å². The Labute approximate surface area is 125 Å². The van der Waals surface area contributed by atoms with Gasteiger partial charge in [0.1, 0.15) is 5.82 Å². The van der Waals surface area contributed by atoms with Crippen molar-refractivity contribution in [3.63, 3.8) is 0 Å². The summed E-state index contributed by atoms with van der Waals surface area (Å²) in [7, 11) is -3.46. The molecular weight excluding hydrogens is 292 g/mol. The van der Waals surface area contributed by atoms with Crippen LogP contribution in [0.15, 0.2) is 11.2 Å². The molecule has 3 N–H and O–H groups in total. The van der Waals surface area contributed by atoms with Crippen molar-refractivity contribution >= 4 is 10.0 Å². The van der Waals surface area contributed by atoms with Crippen molar-refractivity contribution < 1.29 is 13.2 Å². The van der Waals surface area contributed by atoms with Gasteiger partial charge in [-0.25, -0.2) is 13.4 Å². The zero-order chi connectivity index (χ0) is 15.3. The average Bonchev–Trinajstić information content (AvgIpc) is 2.98. The zero-order valence-electron chi connectivity index (χ0n) is 12.4. The number of aromatic amines is 1. The highest BCUT2D eigenvalue weighted by Gasteiger charge is 2.30. The second-order valence-corrected chi connectivity index (χ2v) is 7.07. The second-order valence-electron chi connectivity index (χ2n) is 5.16. The summed E-state index contributed by atoms with van der Waals surface area (Å²) in [5.41, 5.74) is 5.42. The van der Waals surface area contributed by atoms with Crippen molar-refractivity contribution in [3.8, 4) is 0 Å². The van der Waals surface area contributed by atoms with Crippen LogP contribution in [0.5, 0.6) is 0 Å². The fraction of sp³-hybridized carbons (Fsp3) is 0.769. The van der Waals surface area contributed by atoms with E-state index in [4.69, 9.17) is 10.5 Å². The Morgan fingerprint density at radius 1 is 1.48 bits per heavy atom. The number of aromatic nitrogens is 2. The van der Waals surface area contributed by atoms with Crippen LogP contribution in [0.25, 0.3) is 0 Å². The van der Waals surface area contributed by atoms with Crippen LogP contribution >= 0.6 is 0 Å². The predicted molar refractivity (Wildman–Crippen MR) is 79.4 cm³/mol.